The standard InChI is InChI=1S/C22H28N2O2S/c1-22(2)10-9-18-16(11-22)19(21(25)26)20(27-18)15-7-5-6-8-17(15)24-12-14(13-24)23(3)4/h5-8,14H,9-13H2,1-4H3,(H,25,26). The van der Waals surface area contributed by atoms with Gasteiger partial charge in [-0.1, -0.05) is 32.0 Å². The van der Waals surface area contributed by atoms with E-state index in [1.807, 2.05) is 6.07 Å². The molecule has 0 atom stereocenters. The monoisotopic (exact) mass is 384 g/mol. The number of fused-ring (bicyclic) bond motifs is 1. The van der Waals surface area contributed by atoms with Crippen LogP contribution in [0.3, 0.4) is 0 Å². The van der Waals surface area contributed by atoms with Crippen LogP contribution in [0.15, 0.2) is 24.3 Å². The highest BCUT2D eigenvalue weighted by atomic mass is 32.1. The van der Waals surface area contributed by atoms with Crippen LogP contribution in [0.2, 0.25) is 0 Å². The quantitative estimate of drug-likeness (QED) is 0.850. The Bertz CT molecular complexity index is 878. The molecule has 2 aliphatic rings. The lowest BCUT2D eigenvalue weighted by Gasteiger charge is -2.45. The minimum Gasteiger partial charge on any atom is -0.478 e. The molecule has 4 nitrogen and oxygen atoms in total. The zero-order valence-electron chi connectivity index (χ0n) is 16.6. The number of carbonyl (C=O) groups is 1. The number of hydrogen-bond acceptors (Lipinski definition) is 4. The summed E-state index contributed by atoms with van der Waals surface area (Å²) in [7, 11) is 4.23. The van der Waals surface area contributed by atoms with Crippen LogP contribution in [0.4, 0.5) is 5.69 Å². The molecule has 1 aliphatic carbocycles. The van der Waals surface area contributed by atoms with E-state index in [1.165, 1.54) is 4.88 Å². The molecule has 2 aromatic rings. The highest BCUT2D eigenvalue weighted by molar-refractivity contribution is 7.16. The van der Waals surface area contributed by atoms with Crippen LogP contribution in [0, 0.1) is 5.41 Å². The van der Waals surface area contributed by atoms with Gasteiger partial charge in [0.25, 0.3) is 0 Å². The number of carboxylic acid groups (broad SMARTS) is 1. The number of para-hydroxylation sites is 1. The number of anilines is 1. The second-order valence-electron chi connectivity index (χ2n) is 8.89. The van der Waals surface area contributed by atoms with Crippen molar-refractivity contribution >= 4 is 23.0 Å². The van der Waals surface area contributed by atoms with Gasteiger partial charge in [0, 0.05) is 35.3 Å². The molecule has 27 heavy (non-hydrogen) atoms. The lowest BCUT2D eigenvalue weighted by atomic mass is 9.76. The largest absolute Gasteiger partial charge is 0.478 e. The molecule has 144 valence electrons. The van der Waals surface area contributed by atoms with Crippen LogP contribution in [0.1, 0.15) is 41.1 Å². The fourth-order valence-electron chi connectivity index (χ4n) is 4.26. The van der Waals surface area contributed by atoms with Gasteiger partial charge in [0.15, 0.2) is 0 Å². The van der Waals surface area contributed by atoms with Crippen LogP contribution in [0.5, 0.6) is 0 Å². The Balaban J connectivity index is 1.77. The summed E-state index contributed by atoms with van der Waals surface area (Å²) in [5, 5.41) is 10.0. The van der Waals surface area contributed by atoms with Crippen LogP contribution >= 0.6 is 11.3 Å². The van der Waals surface area contributed by atoms with Crippen molar-refractivity contribution in [2.24, 2.45) is 5.41 Å². The summed E-state index contributed by atoms with van der Waals surface area (Å²) in [6, 6.07) is 8.87. The lowest BCUT2D eigenvalue weighted by Crippen LogP contribution is -2.57. The van der Waals surface area contributed by atoms with Crippen molar-refractivity contribution in [2.45, 2.75) is 39.2 Å². The molecule has 0 bridgehead atoms. The Hall–Kier alpha value is -1.85. The molecule has 2 heterocycles. The number of thiophene rings is 1. The highest BCUT2D eigenvalue weighted by Crippen LogP contribution is 2.47. The van der Waals surface area contributed by atoms with E-state index in [1.54, 1.807) is 11.3 Å². The summed E-state index contributed by atoms with van der Waals surface area (Å²) in [5.41, 5.74) is 4.02. The maximum absolute atomic E-state index is 12.2. The zero-order valence-corrected chi connectivity index (χ0v) is 17.4. The van der Waals surface area contributed by atoms with E-state index < -0.39 is 5.97 Å². The van der Waals surface area contributed by atoms with Gasteiger partial charge in [-0.2, -0.15) is 0 Å². The van der Waals surface area contributed by atoms with Crippen molar-refractivity contribution in [2.75, 3.05) is 32.1 Å². The third-order valence-corrected chi connectivity index (χ3v) is 7.40. The maximum atomic E-state index is 12.2. The second kappa shape index (κ2) is 6.64. The Morgan fingerprint density at radius 1 is 1.26 bits per heavy atom. The van der Waals surface area contributed by atoms with Crippen molar-refractivity contribution < 1.29 is 9.90 Å². The molecule has 0 radical (unpaired) electrons. The zero-order chi connectivity index (χ0) is 19.3. The topological polar surface area (TPSA) is 43.8 Å². The van der Waals surface area contributed by atoms with Gasteiger partial charge >= 0.3 is 5.97 Å². The predicted octanol–water partition coefficient (Wildman–Crippen LogP) is 4.38. The molecule has 0 saturated carbocycles. The smallest absolute Gasteiger partial charge is 0.337 e. The van der Waals surface area contributed by atoms with E-state index in [0.29, 0.717) is 11.6 Å². The Morgan fingerprint density at radius 2 is 1.96 bits per heavy atom. The highest BCUT2D eigenvalue weighted by Gasteiger charge is 2.35. The molecule has 0 amide bonds. The molecule has 1 saturated heterocycles. The number of likely N-dealkylation sites (N-methyl/N-ethyl adjacent to an activating group) is 1. The molecule has 1 fully saturated rings. The molecular weight excluding hydrogens is 356 g/mol. The van der Waals surface area contributed by atoms with E-state index in [4.69, 9.17) is 0 Å². The van der Waals surface area contributed by atoms with Crippen molar-refractivity contribution in [1.82, 2.24) is 4.90 Å². The number of aromatic carboxylic acids is 1. The fourth-order valence-corrected chi connectivity index (χ4v) is 5.60. The van der Waals surface area contributed by atoms with Crippen molar-refractivity contribution in [1.29, 1.82) is 0 Å². The first-order valence-electron chi connectivity index (χ1n) is 9.65. The van der Waals surface area contributed by atoms with Crippen molar-refractivity contribution in [3.05, 3.63) is 40.3 Å². The number of carboxylic acids is 1. The Kier molecular flexibility index (Phi) is 4.55. The van der Waals surface area contributed by atoms with Crippen molar-refractivity contribution in [3.8, 4) is 10.4 Å². The minimum atomic E-state index is -0.787. The van der Waals surface area contributed by atoms with Gasteiger partial charge in [0.1, 0.15) is 0 Å². The summed E-state index contributed by atoms with van der Waals surface area (Å²) in [5.74, 6) is -0.787. The van der Waals surface area contributed by atoms with E-state index in [2.05, 4.69) is 55.9 Å². The maximum Gasteiger partial charge on any atom is 0.337 e. The first kappa shape index (κ1) is 18.5. The van der Waals surface area contributed by atoms with Crippen LogP contribution in [-0.4, -0.2) is 49.2 Å². The summed E-state index contributed by atoms with van der Waals surface area (Å²) in [6.07, 6.45) is 2.97. The summed E-state index contributed by atoms with van der Waals surface area (Å²) < 4.78 is 0. The lowest BCUT2D eigenvalue weighted by molar-refractivity contribution is 0.0696. The summed E-state index contributed by atoms with van der Waals surface area (Å²) >= 11 is 1.70. The van der Waals surface area contributed by atoms with E-state index in [0.717, 1.165) is 54.0 Å². The number of benzene rings is 1. The predicted molar refractivity (Wildman–Crippen MR) is 112 cm³/mol. The fraction of sp³-hybridized carbons (Fsp3) is 0.500. The molecule has 1 aliphatic heterocycles. The Morgan fingerprint density at radius 3 is 2.63 bits per heavy atom. The molecule has 1 aromatic carbocycles. The van der Waals surface area contributed by atoms with Crippen LogP contribution in [0.25, 0.3) is 10.4 Å². The third-order valence-electron chi connectivity index (χ3n) is 6.07. The van der Waals surface area contributed by atoms with E-state index in [-0.39, 0.29) is 5.41 Å². The van der Waals surface area contributed by atoms with Gasteiger partial charge < -0.3 is 14.9 Å². The SMILES string of the molecule is CN(C)C1CN(c2ccccc2-c2sc3c(c2C(=O)O)CC(C)(C)CC3)C1. The first-order valence-corrected chi connectivity index (χ1v) is 10.5. The van der Waals surface area contributed by atoms with Gasteiger partial charge in [-0.05, 0) is 50.4 Å². The average Bonchev–Trinajstić information content (AvgIpc) is 2.90. The molecule has 0 spiro atoms. The van der Waals surface area contributed by atoms with Gasteiger partial charge in [0.05, 0.1) is 10.4 Å². The average molecular weight is 385 g/mol. The number of nitrogens with zero attached hydrogens (tertiary/aromatic N) is 2. The summed E-state index contributed by atoms with van der Waals surface area (Å²) in [6.45, 7) is 6.47. The van der Waals surface area contributed by atoms with Gasteiger partial charge in [-0.3, -0.25) is 0 Å². The number of aryl methyl sites for hydroxylation is 1. The van der Waals surface area contributed by atoms with Gasteiger partial charge in [-0.25, -0.2) is 4.79 Å². The van der Waals surface area contributed by atoms with Gasteiger partial charge in [0.2, 0.25) is 0 Å². The van der Waals surface area contributed by atoms with Crippen LogP contribution < -0.4 is 4.90 Å². The number of rotatable bonds is 4. The molecular formula is C22H28N2O2S. The van der Waals surface area contributed by atoms with E-state index >= 15 is 0 Å². The molecule has 1 aromatic heterocycles. The van der Waals surface area contributed by atoms with Crippen LogP contribution in [-0.2, 0) is 12.8 Å². The minimum absolute atomic E-state index is 0.172. The molecule has 4 rings (SSSR count). The molecule has 1 N–H and O–H groups in total. The molecule has 5 heteroatoms. The normalized spacial score (nSPS) is 19.1. The number of hydrogen-bond donors (Lipinski definition) is 1. The van der Waals surface area contributed by atoms with Gasteiger partial charge in [-0.15, -0.1) is 11.3 Å². The molecule has 0 unspecified atom stereocenters. The van der Waals surface area contributed by atoms with E-state index in [9.17, 15) is 9.90 Å². The Labute approximate surface area is 165 Å². The third kappa shape index (κ3) is 3.27. The first-order chi connectivity index (χ1) is 12.8. The second-order valence-corrected chi connectivity index (χ2v) is 10.00. The summed E-state index contributed by atoms with van der Waals surface area (Å²) in [4.78, 5) is 19.1. The van der Waals surface area contributed by atoms with Crippen molar-refractivity contribution in [3.63, 3.8) is 0 Å².